The molecule has 1 aliphatic rings. The molecule has 11 heteroatoms. The van der Waals surface area contributed by atoms with E-state index in [1.165, 1.54) is 0 Å². The molecule has 0 unspecified atom stereocenters. The van der Waals surface area contributed by atoms with Crippen LogP contribution in [-0.4, -0.2) is 49.3 Å². The number of hydrogen-bond acceptors (Lipinski definition) is 8. The van der Waals surface area contributed by atoms with Crippen LogP contribution in [0.25, 0.3) is 33.5 Å². The van der Waals surface area contributed by atoms with Gasteiger partial charge in [0, 0.05) is 39.9 Å². The van der Waals surface area contributed by atoms with Crippen molar-refractivity contribution < 1.29 is 13.7 Å². The molecular weight excluding hydrogens is 547 g/mol. The Kier molecular flexibility index (Phi) is 7.29. The summed E-state index contributed by atoms with van der Waals surface area (Å²) in [5, 5.41) is 18.5. The van der Waals surface area contributed by atoms with Gasteiger partial charge < -0.3 is 15.2 Å². The predicted molar refractivity (Wildman–Crippen MR) is 161 cm³/mol. The van der Waals surface area contributed by atoms with Crippen molar-refractivity contribution >= 4 is 16.9 Å². The summed E-state index contributed by atoms with van der Waals surface area (Å²) in [5.41, 5.74) is 4.78. The van der Waals surface area contributed by atoms with E-state index in [-0.39, 0.29) is 17.3 Å². The van der Waals surface area contributed by atoms with E-state index in [2.05, 4.69) is 47.0 Å². The van der Waals surface area contributed by atoms with Gasteiger partial charge in [0.05, 0.1) is 17.4 Å². The highest BCUT2D eigenvalue weighted by molar-refractivity contribution is 5.93. The van der Waals surface area contributed by atoms with Gasteiger partial charge >= 0.3 is 11.8 Å². The number of aryl methyl sites for hydroxylation is 1. The zero-order chi connectivity index (χ0) is 30.4. The molecule has 222 valence electrons. The van der Waals surface area contributed by atoms with Gasteiger partial charge in [-0.2, -0.15) is 10.1 Å². The lowest BCUT2D eigenvalue weighted by Crippen LogP contribution is -2.36. The zero-order valence-corrected chi connectivity index (χ0v) is 25.0. The average molecular weight is 583 g/mol. The molecule has 5 aromatic rings. The van der Waals surface area contributed by atoms with E-state index in [1.807, 2.05) is 65.0 Å². The number of aromatic amines is 1. The minimum absolute atomic E-state index is 0.0575. The number of amides is 1. The first kappa shape index (κ1) is 28.6. The molecule has 1 saturated heterocycles. The largest absolute Gasteiger partial charge is 0.341 e. The van der Waals surface area contributed by atoms with Crippen LogP contribution in [0.15, 0.2) is 53.3 Å². The Balaban J connectivity index is 1.22. The number of hydrogen-bond donors (Lipinski definition) is 3. The van der Waals surface area contributed by atoms with Crippen molar-refractivity contribution in [1.82, 2.24) is 40.9 Å². The van der Waals surface area contributed by atoms with Gasteiger partial charge in [0.15, 0.2) is 11.5 Å². The van der Waals surface area contributed by atoms with Gasteiger partial charge in [-0.25, -0.2) is 9.37 Å². The number of H-pyrrole nitrogens is 1. The van der Waals surface area contributed by atoms with E-state index < -0.39 is 11.6 Å². The Morgan fingerprint density at radius 3 is 2.53 bits per heavy atom. The summed E-state index contributed by atoms with van der Waals surface area (Å²) in [7, 11) is 0. The van der Waals surface area contributed by atoms with Crippen LogP contribution in [0.4, 0.5) is 4.39 Å². The molecule has 0 spiro atoms. The van der Waals surface area contributed by atoms with Gasteiger partial charge in [-0.05, 0) is 69.1 Å². The van der Waals surface area contributed by atoms with Crippen LogP contribution < -0.4 is 10.6 Å². The first-order chi connectivity index (χ1) is 20.5. The maximum Gasteiger partial charge on any atom is 0.315 e. The normalized spacial score (nSPS) is 15.9. The molecule has 1 aromatic carbocycles. The second-order valence-corrected chi connectivity index (χ2v) is 12.3. The molecule has 10 nitrogen and oxygen atoms in total. The molecule has 1 amide bonds. The van der Waals surface area contributed by atoms with Crippen molar-refractivity contribution in [2.24, 2.45) is 0 Å². The predicted octanol–water partition coefficient (Wildman–Crippen LogP) is 5.72. The number of carbonyl (C=O) groups excluding carboxylic acids is 1. The summed E-state index contributed by atoms with van der Waals surface area (Å²) >= 11 is 0. The number of pyridine rings is 2. The number of nitrogens with one attached hydrogen (secondary N) is 3. The summed E-state index contributed by atoms with van der Waals surface area (Å²) in [6.45, 7) is 11.1. The molecule has 0 saturated carbocycles. The lowest BCUT2D eigenvalue weighted by atomic mass is 9.88. The molecule has 1 aliphatic heterocycles. The van der Waals surface area contributed by atoms with Crippen molar-refractivity contribution in [2.75, 3.05) is 13.1 Å². The second kappa shape index (κ2) is 11.0. The molecule has 4 aromatic heterocycles. The SMILES string of the molecule is Cc1cc(-c2[nH]nc3ncc(-c4ccc(C5(F)CCNCC5)cn4)cc23)ccc1[C@@H](C)NC(=O)c1nc(C(C)(C)C)no1. The van der Waals surface area contributed by atoms with Crippen LogP contribution in [0.5, 0.6) is 0 Å². The number of rotatable bonds is 6. The third-order valence-corrected chi connectivity index (χ3v) is 8.05. The molecule has 43 heavy (non-hydrogen) atoms. The molecule has 0 radical (unpaired) electrons. The Labute approximate surface area is 248 Å². The lowest BCUT2D eigenvalue weighted by molar-refractivity contribution is 0.0895. The fraction of sp³-hybridized carbons (Fsp3) is 0.375. The summed E-state index contributed by atoms with van der Waals surface area (Å²) in [4.78, 5) is 26.2. The van der Waals surface area contributed by atoms with E-state index in [0.29, 0.717) is 43.0 Å². The Bertz CT molecular complexity index is 1780. The summed E-state index contributed by atoms with van der Waals surface area (Å²) in [5.74, 6) is 0.00236. The first-order valence-corrected chi connectivity index (χ1v) is 14.5. The van der Waals surface area contributed by atoms with Crippen LogP contribution in [0.1, 0.15) is 79.8 Å². The fourth-order valence-electron chi connectivity index (χ4n) is 5.47. The highest BCUT2D eigenvalue weighted by Gasteiger charge is 2.34. The van der Waals surface area contributed by atoms with Crippen molar-refractivity contribution in [3.8, 4) is 22.5 Å². The molecule has 0 bridgehead atoms. The molecular formula is C32H35FN8O2. The zero-order valence-electron chi connectivity index (χ0n) is 25.0. The molecule has 6 rings (SSSR count). The van der Waals surface area contributed by atoms with E-state index in [0.717, 1.165) is 39.0 Å². The van der Waals surface area contributed by atoms with Crippen LogP contribution in [0, 0.1) is 6.92 Å². The quantitative estimate of drug-likeness (QED) is 0.232. The number of piperidine rings is 1. The highest BCUT2D eigenvalue weighted by atomic mass is 19.1. The van der Waals surface area contributed by atoms with Crippen molar-refractivity contribution in [1.29, 1.82) is 0 Å². The third kappa shape index (κ3) is 5.64. The van der Waals surface area contributed by atoms with Gasteiger partial charge in [0.2, 0.25) is 0 Å². The summed E-state index contributed by atoms with van der Waals surface area (Å²) < 4.78 is 20.6. The maximum atomic E-state index is 15.4. The first-order valence-electron chi connectivity index (χ1n) is 14.5. The maximum absolute atomic E-state index is 15.4. The Morgan fingerprint density at radius 1 is 1.07 bits per heavy atom. The van der Waals surface area contributed by atoms with Gasteiger partial charge in [-0.15, -0.1) is 0 Å². The van der Waals surface area contributed by atoms with Crippen LogP contribution >= 0.6 is 0 Å². The molecule has 0 aliphatic carbocycles. The van der Waals surface area contributed by atoms with Crippen LogP contribution in [-0.2, 0) is 11.1 Å². The lowest BCUT2D eigenvalue weighted by Gasteiger charge is -2.30. The molecule has 3 N–H and O–H groups in total. The van der Waals surface area contributed by atoms with E-state index >= 15 is 4.39 Å². The van der Waals surface area contributed by atoms with Crippen molar-refractivity contribution in [2.45, 2.75) is 64.6 Å². The smallest absolute Gasteiger partial charge is 0.315 e. The topological polar surface area (TPSA) is 135 Å². The van der Waals surface area contributed by atoms with Gasteiger partial charge in [0.25, 0.3) is 0 Å². The van der Waals surface area contributed by atoms with Crippen molar-refractivity contribution in [3.63, 3.8) is 0 Å². The van der Waals surface area contributed by atoms with E-state index in [1.54, 1.807) is 12.4 Å². The Hall–Kier alpha value is -4.51. The number of benzene rings is 1. The van der Waals surface area contributed by atoms with E-state index in [4.69, 9.17) is 4.52 Å². The van der Waals surface area contributed by atoms with Crippen molar-refractivity contribution in [3.05, 3.63) is 77.2 Å². The van der Waals surface area contributed by atoms with Gasteiger partial charge in [0.1, 0.15) is 5.67 Å². The average Bonchev–Trinajstić information content (AvgIpc) is 3.66. The number of alkyl halides is 1. The number of fused-ring (bicyclic) bond motifs is 1. The minimum atomic E-state index is -1.34. The summed E-state index contributed by atoms with van der Waals surface area (Å²) in [6.07, 6.45) is 4.27. The number of halogens is 1. The van der Waals surface area contributed by atoms with Crippen LogP contribution in [0.3, 0.4) is 0 Å². The molecule has 5 heterocycles. The standard InChI is InChI=1S/C32H35FN8O2/c1-18-14-20(6-8-23(18)19(2)37-28(42)29-38-30(41-43-29)31(3,4)5)26-24-15-21(16-36-27(24)40-39-26)25-9-7-22(17-35-25)32(33)10-12-34-13-11-32/h6-9,14-17,19,34H,10-13H2,1-5H3,(H,37,42)(H,36,39,40)/t19-/m1/s1. The number of carbonyl (C=O) groups is 1. The minimum Gasteiger partial charge on any atom is -0.341 e. The fourth-order valence-corrected chi connectivity index (χ4v) is 5.47. The second-order valence-electron chi connectivity index (χ2n) is 12.3. The van der Waals surface area contributed by atoms with Gasteiger partial charge in [-0.3, -0.25) is 14.9 Å². The summed E-state index contributed by atoms with van der Waals surface area (Å²) in [6, 6.07) is 11.4. The third-order valence-electron chi connectivity index (χ3n) is 8.05. The highest BCUT2D eigenvalue weighted by Crippen LogP contribution is 2.36. The van der Waals surface area contributed by atoms with Crippen LogP contribution in [0.2, 0.25) is 0 Å². The molecule has 1 atom stereocenters. The molecule has 1 fully saturated rings. The number of aromatic nitrogens is 6. The van der Waals surface area contributed by atoms with Gasteiger partial charge in [-0.1, -0.05) is 44.1 Å². The number of nitrogens with zero attached hydrogens (tertiary/aromatic N) is 5. The monoisotopic (exact) mass is 582 g/mol. The van der Waals surface area contributed by atoms with E-state index in [9.17, 15) is 4.79 Å². The Morgan fingerprint density at radius 2 is 1.86 bits per heavy atom.